The standard InChI is InChI=1S/C36H53N3O5/c1-26-22-39(27(2)25-40)36(42)32-21-31(37-35(41)30-16-9-6-10-17-30)18-19-33(32)44-28(3)13-11-12-20-43-34(26)24-38(4)23-29-14-7-5-8-15-29/h6,9-10,16-19,21,26-29,34,40H,5,7-8,11-15,20,22-25H2,1-4H3,(H,37,41)/t26-,27-,28-,34+/m1/s1. The topological polar surface area (TPSA) is 91.3 Å². The molecule has 2 aromatic rings. The molecule has 1 aliphatic heterocycles. The Kier molecular flexibility index (Phi) is 13.1. The zero-order valence-electron chi connectivity index (χ0n) is 27.2. The lowest BCUT2D eigenvalue weighted by Gasteiger charge is -2.36. The first kappa shape index (κ1) is 33.9. The number of aliphatic hydroxyl groups is 1. The number of amides is 2. The normalized spacial score (nSPS) is 23.4. The van der Waals surface area contributed by atoms with Gasteiger partial charge in [0.1, 0.15) is 5.75 Å². The van der Waals surface area contributed by atoms with Gasteiger partial charge in [-0.05, 0) is 89.2 Å². The van der Waals surface area contributed by atoms with Gasteiger partial charge in [0, 0.05) is 43.4 Å². The number of likely N-dealkylation sites (N-methyl/N-ethyl adjacent to an activating group) is 1. The summed E-state index contributed by atoms with van der Waals surface area (Å²) in [4.78, 5) is 31.4. The summed E-state index contributed by atoms with van der Waals surface area (Å²) >= 11 is 0. The molecule has 2 aliphatic rings. The Morgan fingerprint density at radius 2 is 1.75 bits per heavy atom. The van der Waals surface area contributed by atoms with Crippen molar-refractivity contribution < 1.29 is 24.2 Å². The van der Waals surface area contributed by atoms with Crippen molar-refractivity contribution in [1.29, 1.82) is 0 Å². The second-order valence-corrected chi connectivity index (χ2v) is 13.1. The number of aliphatic hydroxyl groups excluding tert-OH is 1. The average molecular weight is 608 g/mol. The molecule has 44 heavy (non-hydrogen) atoms. The summed E-state index contributed by atoms with van der Waals surface area (Å²) in [5.41, 5.74) is 1.42. The molecule has 0 aromatic heterocycles. The third kappa shape index (κ3) is 9.78. The molecule has 1 aliphatic carbocycles. The van der Waals surface area contributed by atoms with Gasteiger partial charge in [-0.25, -0.2) is 0 Å². The largest absolute Gasteiger partial charge is 0.490 e. The molecule has 0 unspecified atom stereocenters. The van der Waals surface area contributed by atoms with Crippen LogP contribution in [0.4, 0.5) is 5.69 Å². The lowest BCUT2D eigenvalue weighted by molar-refractivity contribution is -0.0190. The number of hydrogen-bond donors (Lipinski definition) is 2. The third-order valence-electron chi connectivity index (χ3n) is 9.13. The van der Waals surface area contributed by atoms with E-state index >= 15 is 0 Å². The summed E-state index contributed by atoms with van der Waals surface area (Å²) in [6.45, 7) is 8.84. The lowest BCUT2D eigenvalue weighted by atomic mass is 9.89. The predicted molar refractivity (Wildman–Crippen MR) is 175 cm³/mol. The Balaban J connectivity index is 1.59. The second kappa shape index (κ2) is 16.9. The highest BCUT2D eigenvalue weighted by molar-refractivity contribution is 6.05. The van der Waals surface area contributed by atoms with Crippen LogP contribution in [0, 0.1) is 11.8 Å². The number of nitrogens with zero attached hydrogens (tertiary/aromatic N) is 2. The van der Waals surface area contributed by atoms with Gasteiger partial charge in [-0.2, -0.15) is 0 Å². The minimum absolute atomic E-state index is 0.0361. The van der Waals surface area contributed by atoms with Crippen molar-refractivity contribution in [2.75, 3.05) is 45.2 Å². The molecular weight excluding hydrogens is 554 g/mol. The molecule has 1 fully saturated rings. The van der Waals surface area contributed by atoms with E-state index in [0.29, 0.717) is 35.7 Å². The van der Waals surface area contributed by atoms with Crippen molar-refractivity contribution in [1.82, 2.24) is 9.80 Å². The fraction of sp³-hybridized carbons (Fsp3) is 0.611. The lowest BCUT2D eigenvalue weighted by Crippen LogP contribution is -2.47. The number of carbonyl (C=O) groups excluding carboxylic acids is 2. The fourth-order valence-corrected chi connectivity index (χ4v) is 6.45. The van der Waals surface area contributed by atoms with Crippen molar-refractivity contribution in [3.05, 3.63) is 59.7 Å². The summed E-state index contributed by atoms with van der Waals surface area (Å²) in [5, 5.41) is 13.2. The minimum Gasteiger partial charge on any atom is -0.490 e. The molecule has 242 valence electrons. The molecule has 0 radical (unpaired) electrons. The maximum absolute atomic E-state index is 14.3. The van der Waals surface area contributed by atoms with Gasteiger partial charge in [-0.15, -0.1) is 0 Å². The molecule has 0 saturated heterocycles. The zero-order chi connectivity index (χ0) is 31.5. The van der Waals surface area contributed by atoms with E-state index in [-0.39, 0.29) is 36.5 Å². The highest BCUT2D eigenvalue weighted by Gasteiger charge is 2.31. The van der Waals surface area contributed by atoms with Gasteiger partial charge in [0.05, 0.1) is 30.4 Å². The SMILES string of the molecule is C[C@@H]1CCCCO[C@@H](CN(C)CC2CCCCC2)[C@H](C)CN([C@H](C)CO)C(=O)c2cc(NC(=O)c3ccccc3)ccc2O1. The predicted octanol–water partition coefficient (Wildman–Crippen LogP) is 6.25. The van der Waals surface area contributed by atoms with E-state index in [4.69, 9.17) is 9.47 Å². The van der Waals surface area contributed by atoms with Crippen molar-refractivity contribution >= 4 is 17.5 Å². The minimum atomic E-state index is -0.411. The van der Waals surface area contributed by atoms with Crippen LogP contribution in [-0.2, 0) is 4.74 Å². The van der Waals surface area contributed by atoms with Crippen LogP contribution in [0.5, 0.6) is 5.75 Å². The number of anilines is 1. The van der Waals surface area contributed by atoms with Gasteiger partial charge in [0.15, 0.2) is 0 Å². The van der Waals surface area contributed by atoms with Crippen LogP contribution in [-0.4, -0.2) is 84.9 Å². The molecular formula is C36H53N3O5. The van der Waals surface area contributed by atoms with Gasteiger partial charge in [0.2, 0.25) is 0 Å². The first-order valence-electron chi connectivity index (χ1n) is 16.6. The van der Waals surface area contributed by atoms with Gasteiger partial charge < -0.3 is 29.7 Å². The van der Waals surface area contributed by atoms with Crippen molar-refractivity contribution in [3.63, 3.8) is 0 Å². The average Bonchev–Trinajstić information content (AvgIpc) is 3.03. The first-order valence-corrected chi connectivity index (χ1v) is 16.6. The Morgan fingerprint density at radius 3 is 2.48 bits per heavy atom. The number of nitrogens with one attached hydrogen (secondary N) is 1. The number of ether oxygens (including phenoxy) is 2. The van der Waals surface area contributed by atoms with Crippen LogP contribution in [0.1, 0.15) is 92.9 Å². The van der Waals surface area contributed by atoms with Crippen LogP contribution < -0.4 is 10.1 Å². The molecule has 8 nitrogen and oxygen atoms in total. The van der Waals surface area contributed by atoms with Gasteiger partial charge in [-0.1, -0.05) is 44.4 Å². The molecule has 0 spiro atoms. The van der Waals surface area contributed by atoms with Gasteiger partial charge in [-0.3, -0.25) is 9.59 Å². The van der Waals surface area contributed by atoms with E-state index in [2.05, 4.69) is 24.2 Å². The molecule has 2 amide bonds. The first-order chi connectivity index (χ1) is 21.2. The summed E-state index contributed by atoms with van der Waals surface area (Å²) in [5.74, 6) is 0.779. The van der Waals surface area contributed by atoms with E-state index in [1.54, 1.807) is 35.2 Å². The number of benzene rings is 2. The smallest absolute Gasteiger partial charge is 0.258 e. The quantitative estimate of drug-likeness (QED) is 0.369. The molecule has 4 atom stereocenters. The third-order valence-corrected chi connectivity index (χ3v) is 9.13. The van der Waals surface area contributed by atoms with Crippen LogP contribution in [0.3, 0.4) is 0 Å². The number of rotatable bonds is 8. The number of hydrogen-bond acceptors (Lipinski definition) is 6. The maximum atomic E-state index is 14.3. The van der Waals surface area contributed by atoms with Crippen LogP contribution in [0.2, 0.25) is 0 Å². The second-order valence-electron chi connectivity index (χ2n) is 13.1. The number of carbonyl (C=O) groups is 2. The summed E-state index contributed by atoms with van der Waals surface area (Å²) in [6.07, 6.45) is 9.19. The Bertz CT molecular complexity index is 1190. The van der Waals surface area contributed by atoms with E-state index in [1.165, 1.54) is 32.1 Å². The Labute approximate surface area is 264 Å². The van der Waals surface area contributed by atoms with Crippen molar-refractivity contribution in [2.24, 2.45) is 11.8 Å². The van der Waals surface area contributed by atoms with Crippen LogP contribution >= 0.6 is 0 Å². The van der Waals surface area contributed by atoms with E-state index in [9.17, 15) is 14.7 Å². The highest BCUT2D eigenvalue weighted by Crippen LogP contribution is 2.29. The molecule has 1 heterocycles. The molecule has 8 heteroatoms. The monoisotopic (exact) mass is 607 g/mol. The van der Waals surface area contributed by atoms with E-state index in [0.717, 1.165) is 38.3 Å². The Morgan fingerprint density at radius 1 is 1.02 bits per heavy atom. The Hall–Kier alpha value is -2.94. The fourth-order valence-electron chi connectivity index (χ4n) is 6.45. The van der Waals surface area contributed by atoms with Crippen molar-refractivity contribution in [3.8, 4) is 5.75 Å². The van der Waals surface area contributed by atoms with Crippen molar-refractivity contribution in [2.45, 2.75) is 90.4 Å². The van der Waals surface area contributed by atoms with Crippen LogP contribution in [0.15, 0.2) is 48.5 Å². The highest BCUT2D eigenvalue weighted by atomic mass is 16.5. The molecule has 2 N–H and O–H groups in total. The maximum Gasteiger partial charge on any atom is 0.258 e. The molecule has 2 aromatic carbocycles. The van der Waals surface area contributed by atoms with E-state index in [1.807, 2.05) is 32.0 Å². The zero-order valence-corrected chi connectivity index (χ0v) is 27.2. The summed E-state index contributed by atoms with van der Waals surface area (Å²) in [6, 6.07) is 13.8. The molecule has 4 rings (SSSR count). The summed E-state index contributed by atoms with van der Waals surface area (Å²) in [7, 11) is 2.19. The summed E-state index contributed by atoms with van der Waals surface area (Å²) < 4.78 is 12.9. The van der Waals surface area contributed by atoms with Crippen LogP contribution in [0.25, 0.3) is 0 Å². The molecule has 0 bridgehead atoms. The van der Waals surface area contributed by atoms with E-state index < -0.39 is 6.04 Å². The van der Waals surface area contributed by atoms with Gasteiger partial charge >= 0.3 is 0 Å². The molecule has 1 saturated carbocycles. The number of fused-ring (bicyclic) bond motifs is 1. The van der Waals surface area contributed by atoms with Gasteiger partial charge in [0.25, 0.3) is 11.8 Å².